The molecule has 1 saturated heterocycles. The molecule has 1 aliphatic heterocycles. The van der Waals surface area contributed by atoms with E-state index >= 15 is 0 Å². The molecule has 0 N–H and O–H groups in total. The largest absolute Gasteiger partial charge is 0.488 e. The van der Waals surface area contributed by atoms with Crippen LogP contribution in [0.4, 0.5) is 9.18 Å². The molecule has 28 heavy (non-hydrogen) atoms. The van der Waals surface area contributed by atoms with Gasteiger partial charge in [-0.2, -0.15) is 0 Å². The van der Waals surface area contributed by atoms with Crippen LogP contribution in [0.1, 0.15) is 30.9 Å². The number of benzene rings is 2. The van der Waals surface area contributed by atoms with Crippen molar-refractivity contribution in [1.82, 2.24) is 4.90 Å². The van der Waals surface area contributed by atoms with Crippen molar-refractivity contribution in [2.45, 2.75) is 26.4 Å². The van der Waals surface area contributed by atoms with Crippen molar-refractivity contribution in [2.24, 2.45) is 0 Å². The van der Waals surface area contributed by atoms with Crippen LogP contribution in [0, 0.1) is 5.82 Å². The van der Waals surface area contributed by atoms with Gasteiger partial charge in [-0.3, -0.25) is 14.5 Å². The van der Waals surface area contributed by atoms with E-state index in [4.69, 9.17) is 4.74 Å². The highest BCUT2D eigenvalue weighted by molar-refractivity contribution is 9.10. The predicted octanol–water partition coefficient (Wildman–Crippen LogP) is 6.00. The van der Waals surface area contributed by atoms with E-state index in [1.165, 1.54) is 17.0 Å². The van der Waals surface area contributed by atoms with Gasteiger partial charge in [0, 0.05) is 6.54 Å². The molecule has 3 rings (SSSR count). The van der Waals surface area contributed by atoms with Gasteiger partial charge < -0.3 is 4.74 Å². The van der Waals surface area contributed by atoms with E-state index in [0.29, 0.717) is 23.8 Å². The molecule has 0 bridgehead atoms. The van der Waals surface area contributed by atoms with Crippen LogP contribution in [0.15, 0.2) is 51.8 Å². The Labute approximate surface area is 175 Å². The van der Waals surface area contributed by atoms with Gasteiger partial charge >= 0.3 is 0 Å². The highest BCUT2D eigenvalue weighted by Crippen LogP contribution is 2.34. The van der Waals surface area contributed by atoms with Gasteiger partial charge in [-0.25, -0.2) is 4.39 Å². The maximum Gasteiger partial charge on any atom is 0.293 e. The van der Waals surface area contributed by atoms with Crippen LogP contribution in [0.5, 0.6) is 5.75 Å². The molecule has 0 radical (unpaired) electrons. The number of carbonyl (C=O) groups excluding carboxylic acids is 2. The average Bonchev–Trinajstić information content (AvgIpc) is 2.94. The molecule has 2 aromatic rings. The highest BCUT2D eigenvalue weighted by Gasteiger charge is 2.34. The second-order valence-corrected chi connectivity index (χ2v) is 8.14. The van der Waals surface area contributed by atoms with Crippen LogP contribution in [-0.2, 0) is 11.4 Å². The fourth-order valence-electron chi connectivity index (χ4n) is 2.63. The lowest BCUT2D eigenvalue weighted by Gasteiger charge is -2.11. The molecule has 0 unspecified atom stereocenters. The summed E-state index contributed by atoms with van der Waals surface area (Å²) in [6.45, 7) is 2.79. The quantitative estimate of drug-likeness (QED) is 0.472. The Morgan fingerprint density at radius 2 is 1.93 bits per heavy atom. The summed E-state index contributed by atoms with van der Waals surface area (Å²) in [5, 5.41) is -0.219. The van der Waals surface area contributed by atoms with Crippen molar-refractivity contribution in [3.8, 4) is 5.75 Å². The zero-order valence-electron chi connectivity index (χ0n) is 15.3. The van der Waals surface area contributed by atoms with Crippen molar-refractivity contribution in [2.75, 3.05) is 6.54 Å². The first-order chi connectivity index (χ1) is 13.5. The molecular weight excluding hydrogens is 445 g/mol. The molecule has 0 aromatic heterocycles. The molecule has 0 atom stereocenters. The number of rotatable bonds is 7. The van der Waals surface area contributed by atoms with E-state index in [9.17, 15) is 14.0 Å². The van der Waals surface area contributed by atoms with Gasteiger partial charge in [0.15, 0.2) is 0 Å². The lowest BCUT2D eigenvalue weighted by Crippen LogP contribution is -2.29. The first-order valence-corrected chi connectivity index (χ1v) is 10.5. The van der Waals surface area contributed by atoms with Crippen molar-refractivity contribution >= 4 is 44.9 Å². The standard InChI is InChI=1S/C21H19BrFNO3S/c1-2-3-10-24-20(25)19(28-21(24)26)12-15-6-9-18(17(22)11-15)27-13-14-4-7-16(23)8-5-14/h4-9,11-12H,2-3,10,13H2,1H3/b19-12-. The van der Waals surface area contributed by atoms with Crippen LogP contribution in [0.3, 0.4) is 0 Å². The van der Waals surface area contributed by atoms with E-state index in [1.54, 1.807) is 24.3 Å². The third-order valence-electron chi connectivity index (χ3n) is 4.17. The number of imide groups is 1. The Bertz CT molecular complexity index is 914. The number of halogens is 2. The molecule has 2 amide bonds. The maximum atomic E-state index is 13.0. The summed E-state index contributed by atoms with van der Waals surface area (Å²) >= 11 is 4.44. The van der Waals surface area contributed by atoms with Gasteiger partial charge in [0.05, 0.1) is 9.38 Å². The van der Waals surface area contributed by atoms with Crippen molar-refractivity contribution in [3.05, 3.63) is 68.8 Å². The molecular formula is C21H19BrFNO3S. The molecule has 4 nitrogen and oxygen atoms in total. The van der Waals surface area contributed by atoms with Crippen LogP contribution < -0.4 is 4.74 Å². The molecule has 0 saturated carbocycles. The number of unbranched alkanes of at least 4 members (excludes halogenated alkanes) is 1. The highest BCUT2D eigenvalue weighted by atomic mass is 79.9. The van der Waals surface area contributed by atoms with Gasteiger partial charge in [-0.1, -0.05) is 31.5 Å². The summed E-state index contributed by atoms with van der Waals surface area (Å²) in [6.07, 6.45) is 3.44. The number of thioether (sulfide) groups is 1. The maximum absolute atomic E-state index is 13.0. The molecule has 0 aliphatic carbocycles. The van der Waals surface area contributed by atoms with Crippen molar-refractivity contribution in [1.29, 1.82) is 0 Å². The predicted molar refractivity (Wildman–Crippen MR) is 112 cm³/mol. The number of hydrogen-bond donors (Lipinski definition) is 0. The van der Waals surface area contributed by atoms with Gasteiger partial charge in [0.25, 0.3) is 11.1 Å². The Kier molecular flexibility index (Phi) is 6.91. The SMILES string of the molecule is CCCCN1C(=O)S/C(=C\c2ccc(OCc3ccc(F)cc3)c(Br)c2)C1=O. The average molecular weight is 464 g/mol. The smallest absolute Gasteiger partial charge is 0.293 e. The van der Waals surface area contributed by atoms with E-state index < -0.39 is 0 Å². The summed E-state index contributed by atoms with van der Waals surface area (Å²) in [7, 11) is 0. The Balaban J connectivity index is 1.68. The molecule has 1 aliphatic rings. The van der Waals surface area contributed by atoms with Crippen LogP contribution in [0.25, 0.3) is 6.08 Å². The van der Waals surface area contributed by atoms with Gasteiger partial charge in [0.1, 0.15) is 18.2 Å². The molecule has 2 aromatic carbocycles. The minimum atomic E-state index is -0.284. The summed E-state index contributed by atoms with van der Waals surface area (Å²) in [5.74, 6) is 0.113. The Hall–Kier alpha value is -2.12. The van der Waals surface area contributed by atoms with Crippen molar-refractivity contribution in [3.63, 3.8) is 0 Å². The molecule has 1 fully saturated rings. The number of carbonyl (C=O) groups is 2. The zero-order valence-corrected chi connectivity index (χ0v) is 17.7. The second-order valence-electron chi connectivity index (χ2n) is 6.29. The first kappa shape index (κ1) is 20.6. The Morgan fingerprint density at radius 1 is 1.18 bits per heavy atom. The van der Waals surface area contributed by atoms with Gasteiger partial charge in [-0.15, -0.1) is 0 Å². The minimum Gasteiger partial charge on any atom is -0.488 e. The molecule has 0 spiro atoms. The monoisotopic (exact) mass is 463 g/mol. The Morgan fingerprint density at radius 3 is 2.61 bits per heavy atom. The topological polar surface area (TPSA) is 46.6 Å². The molecule has 146 valence electrons. The summed E-state index contributed by atoms with van der Waals surface area (Å²) in [4.78, 5) is 26.2. The lowest BCUT2D eigenvalue weighted by atomic mass is 10.2. The number of hydrogen-bond acceptors (Lipinski definition) is 4. The second kappa shape index (κ2) is 9.39. The number of ether oxygens (including phenoxy) is 1. The third-order valence-corrected chi connectivity index (χ3v) is 5.70. The van der Waals surface area contributed by atoms with E-state index in [2.05, 4.69) is 15.9 Å². The normalized spacial score (nSPS) is 15.5. The molecule has 1 heterocycles. The molecule has 7 heteroatoms. The summed E-state index contributed by atoms with van der Waals surface area (Å²) in [5.41, 5.74) is 1.65. The van der Waals surface area contributed by atoms with Crippen molar-refractivity contribution < 1.29 is 18.7 Å². The fourth-order valence-corrected chi connectivity index (χ4v) is 4.00. The zero-order chi connectivity index (χ0) is 20.1. The van der Waals surface area contributed by atoms with E-state index in [0.717, 1.165) is 40.2 Å². The van der Waals surface area contributed by atoms with Crippen LogP contribution >= 0.6 is 27.7 Å². The first-order valence-electron chi connectivity index (χ1n) is 8.90. The van der Waals surface area contributed by atoms with E-state index in [1.807, 2.05) is 19.1 Å². The number of amides is 2. The lowest BCUT2D eigenvalue weighted by molar-refractivity contribution is -0.122. The number of nitrogens with zero attached hydrogens (tertiary/aromatic N) is 1. The summed E-state index contributed by atoms with van der Waals surface area (Å²) < 4.78 is 19.5. The summed E-state index contributed by atoms with van der Waals surface area (Å²) in [6, 6.07) is 11.6. The van der Waals surface area contributed by atoms with Gasteiger partial charge in [0.2, 0.25) is 0 Å². The van der Waals surface area contributed by atoms with Crippen LogP contribution in [0.2, 0.25) is 0 Å². The fraction of sp³-hybridized carbons (Fsp3) is 0.238. The third kappa shape index (κ3) is 5.02. The minimum absolute atomic E-state index is 0.219. The van der Waals surface area contributed by atoms with Gasteiger partial charge in [-0.05, 0) is 75.6 Å². The van der Waals surface area contributed by atoms with Crippen LogP contribution in [-0.4, -0.2) is 22.6 Å². The van der Waals surface area contributed by atoms with E-state index in [-0.39, 0.29) is 17.0 Å².